The van der Waals surface area contributed by atoms with Gasteiger partial charge in [-0.3, -0.25) is 4.98 Å². The van der Waals surface area contributed by atoms with Gasteiger partial charge in [-0.15, -0.1) is 12.4 Å². The van der Waals surface area contributed by atoms with Crippen molar-refractivity contribution in [2.24, 2.45) is 5.73 Å². The molecule has 1 aromatic heterocycles. The number of rotatable bonds is 2. The molecule has 0 amide bonds. The molecule has 0 saturated carbocycles. The molecule has 0 saturated heterocycles. The summed E-state index contributed by atoms with van der Waals surface area (Å²) in [6.07, 6.45) is 1.67. The summed E-state index contributed by atoms with van der Waals surface area (Å²) in [4.78, 5) is 4.10. The number of hydrogen-bond donors (Lipinski definition) is 1. The average molecular weight is 189 g/mol. The van der Waals surface area contributed by atoms with Crippen molar-refractivity contribution in [3.05, 3.63) is 24.0 Å². The Balaban J connectivity index is 0.00000121. The van der Waals surface area contributed by atoms with E-state index in [-0.39, 0.29) is 18.4 Å². The Bertz CT molecular complexity index is 223. The van der Waals surface area contributed by atoms with Gasteiger partial charge >= 0.3 is 0 Å². The third-order valence-corrected chi connectivity index (χ3v) is 1.46. The first-order valence-corrected chi connectivity index (χ1v) is 3.49. The second kappa shape index (κ2) is 4.95. The number of nitrogens with zero attached hydrogens (tertiary/aromatic N) is 1. The first kappa shape index (κ1) is 11.2. The summed E-state index contributed by atoms with van der Waals surface area (Å²) < 4.78 is 4.95. The fraction of sp³-hybridized carbons (Fsp3) is 0.375. The van der Waals surface area contributed by atoms with Gasteiger partial charge < -0.3 is 10.5 Å². The first-order chi connectivity index (χ1) is 5.24. The van der Waals surface area contributed by atoms with E-state index in [9.17, 15) is 0 Å². The smallest absolute Gasteiger partial charge is 0.137 e. The van der Waals surface area contributed by atoms with Gasteiger partial charge in [-0.25, -0.2) is 0 Å². The fourth-order valence-electron chi connectivity index (χ4n) is 0.782. The Morgan fingerprint density at radius 2 is 2.17 bits per heavy atom. The molecular weight excluding hydrogens is 176 g/mol. The van der Waals surface area contributed by atoms with Gasteiger partial charge in [-0.05, 0) is 19.1 Å². The number of pyridine rings is 1. The molecule has 0 aromatic carbocycles. The molecule has 68 valence electrons. The molecule has 0 bridgehead atoms. The molecule has 1 rings (SSSR count). The summed E-state index contributed by atoms with van der Waals surface area (Å²) in [6, 6.07) is 3.70. The van der Waals surface area contributed by atoms with E-state index in [1.807, 2.05) is 19.1 Å². The zero-order valence-corrected chi connectivity index (χ0v) is 7.97. The molecule has 1 aromatic rings. The molecule has 1 heterocycles. The highest BCUT2D eigenvalue weighted by Gasteiger charge is 1.99. The van der Waals surface area contributed by atoms with E-state index in [1.54, 1.807) is 13.3 Å². The minimum absolute atomic E-state index is 0. The predicted octanol–water partition coefficient (Wildman–Crippen LogP) is 1.53. The van der Waals surface area contributed by atoms with Gasteiger partial charge in [0, 0.05) is 6.04 Å². The quantitative estimate of drug-likeness (QED) is 0.766. The fourth-order valence-corrected chi connectivity index (χ4v) is 0.782. The highest BCUT2D eigenvalue weighted by Crippen LogP contribution is 2.11. The summed E-state index contributed by atoms with van der Waals surface area (Å²) in [7, 11) is 1.61. The van der Waals surface area contributed by atoms with Crippen LogP contribution in [0, 0.1) is 0 Å². The van der Waals surface area contributed by atoms with Crippen LogP contribution < -0.4 is 10.5 Å². The van der Waals surface area contributed by atoms with Crippen molar-refractivity contribution in [2.75, 3.05) is 7.11 Å². The van der Waals surface area contributed by atoms with Crippen molar-refractivity contribution in [3.8, 4) is 5.75 Å². The van der Waals surface area contributed by atoms with Crippen molar-refractivity contribution < 1.29 is 4.74 Å². The van der Waals surface area contributed by atoms with Gasteiger partial charge in [0.2, 0.25) is 0 Å². The second-order valence-electron chi connectivity index (χ2n) is 2.41. The standard InChI is InChI=1S/C8H12N2O.ClH/c1-6(9)8-4-3-7(11-2)5-10-8;/h3-6H,9H2,1-2H3;1H/t6-;/m0./s1. The lowest BCUT2D eigenvalue weighted by atomic mass is 10.2. The van der Waals surface area contributed by atoms with Gasteiger partial charge in [0.05, 0.1) is 19.0 Å². The number of aromatic nitrogens is 1. The maximum absolute atomic E-state index is 5.60. The van der Waals surface area contributed by atoms with Crippen LogP contribution in [-0.4, -0.2) is 12.1 Å². The van der Waals surface area contributed by atoms with Gasteiger partial charge in [0.15, 0.2) is 0 Å². The summed E-state index contributed by atoms with van der Waals surface area (Å²) in [5.74, 6) is 0.759. The largest absolute Gasteiger partial charge is 0.495 e. The molecule has 0 spiro atoms. The van der Waals surface area contributed by atoms with Crippen LogP contribution in [0.25, 0.3) is 0 Å². The second-order valence-corrected chi connectivity index (χ2v) is 2.41. The summed E-state index contributed by atoms with van der Waals surface area (Å²) >= 11 is 0. The van der Waals surface area contributed by atoms with Gasteiger partial charge in [0.1, 0.15) is 5.75 Å². The van der Waals surface area contributed by atoms with Gasteiger partial charge in [-0.2, -0.15) is 0 Å². The number of hydrogen-bond acceptors (Lipinski definition) is 3. The van der Waals surface area contributed by atoms with E-state index < -0.39 is 0 Å². The van der Waals surface area contributed by atoms with E-state index >= 15 is 0 Å². The van der Waals surface area contributed by atoms with Gasteiger partial charge in [-0.1, -0.05) is 0 Å². The Hall–Kier alpha value is -0.800. The van der Waals surface area contributed by atoms with Crippen LogP contribution in [0.3, 0.4) is 0 Å². The Labute approximate surface area is 78.4 Å². The molecule has 2 N–H and O–H groups in total. The van der Waals surface area contributed by atoms with E-state index in [1.165, 1.54) is 0 Å². The normalized spacial score (nSPS) is 11.6. The lowest BCUT2D eigenvalue weighted by molar-refractivity contribution is 0.412. The molecule has 12 heavy (non-hydrogen) atoms. The minimum atomic E-state index is -0.0130. The van der Waals surface area contributed by atoms with Gasteiger partial charge in [0.25, 0.3) is 0 Å². The summed E-state index contributed by atoms with van der Waals surface area (Å²) in [5.41, 5.74) is 6.48. The Morgan fingerprint density at radius 3 is 2.50 bits per heavy atom. The third kappa shape index (κ3) is 2.68. The van der Waals surface area contributed by atoms with Crippen LogP contribution in [-0.2, 0) is 0 Å². The minimum Gasteiger partial charge on any atom is -0.495 e. The monoisotopic (exact) mass is 188 g/mol. The molecule has 3 nitrogen and oxygen atoms in total. The molecule has 1 atom stereocenters. The predicted molar refractivity (Wildman–Crippen MR) is 50.6 cm³/mol. The Kier molecular flexibility index (Phi) is 4.62. The zero-order valence-electron chi connectivity index (χ0n) is 7.15. The topological polar surface area (TPSA) is 48.1 Å². The molecule has 0 unspecified atom stereocenters. The van der Waals surface area contributed by atoms with E-state index in [2.05, 4.69) is 4.98 Å². The Morgan fingerprint density at radius 1 is 1.50 bits per heavy atom. The SMILES string of the molecule is COc1ccc([C@H](C)N)nc1.Cl. The van der Waals surface area contributed by atoms with Crippen molar-refractivity contribution in [3.63, 3.8) is 0 Å². The first-order valence-electron chi connectivity index (χ1n) is 3.49. The lowest BCUT2D eigenvalue weighted by Gasteiger charge is -2.04. The van der Waals surface area contributed by atoms with E-state index in [4.69, 9.17) is 10.5 Å². The maximum atomic E-state index is 5.60. The third-order valence-electron chi connectivity index (χ3n) is 1.46. The van der Waals surface area contributed by atoms with Crippen LogP contribution in [0.4, 0.5) is 0 Å². The highest BCUT2D eigenvalue weighted by molar-refractivity contribution is 5.85. The molecule has 0 fully saturated rings. The number of nitrogens with two attached hydrogens (primary N) is 1. The highest BCUT2D eigenvalue weighted by atomic mass is 35.5. The van der Waals surface area contributed by atoms with E-state index in [0.29, 0.717) is 0 Å². The van der Waals surface area contributed by atoms with E-state index in [0.717, 1.165) is 11.4 Å². The summed E-state index contributed by atoms with van der Waals surface area (Å²) in [6.45, 7) is 1.90. The molecule has 0 aliphatic rings. The van der Waals surface area contributed by atoms with Crippen molar-refractivity contribution in [2.45, 2.75) is 13.0 Å². The average Bonchev–Trinajstić information content (AvgIpc) is 2.05. The summed E-state index contributed by atoms with van der Waals surface area (Å²) in [5, 5.41) is 0. The molecule has 0 aliphatic carbocycles. The van der Waals surface area contributed by atoms with Crippen molar-refractivity contribution >= 4 is 12.4 Å². The van der Waals surface area contributed by atoms with Crippen LogP contribution in [0.5, 0.6) is 5.75 Å². The number of halogens is 1. The number of ether oxygens (including phenoxy) is 1. The zero-order chi connectivity index (χ0) is 8.27. The van der Waals surface area contributed by atoms with Crippen LogP contribution in [0.15, 0.2) is 18.3 Å². The molecule has 0 radical (unpaired) electrons. The van der Waals surface area contributed by atoms with Crippen LogP contribution in [0.1, 0.15) is 18.7 Å². The molecule has 0 aliphatic heterocycles. The number of methoxy groups -OCH3 is 1. The van der Waals surface area contributed by atoms with Crippen molar-refractivity contribution in [1.82, 2.24) is 4.98 Å². The lowest BCUT2D eigenvalue weighted by Crippen LogP contribution is -2.06. The maximum Gasteiger partial charge on any atom is 0.137 e. The molecular formula is C8H13ClN2O. The van der Waals surface area contributed by atoms with Crippen LogP contribution >= 0.6 is 12.4 Å². The van der Waals surface area contributed by atoms with Crippen LogP contribution in [0.2, 0.25) is 0 Å². The van der Waals surface area contributed by atoms with Crippen molar-refractivity contribution in [1.29, 1.82) is 0 Å². The molecule has 4 heteroatoms.